The van der Waals surface area contributed by atoms with Crippen molar-refractivity contribution in [2.24, 2.45) is 10.1 Å². The minimum atomic E-state index is -0.396. The maximum Gasteiger partial charge on any atom is 0.283 e. The van der Waals surface area contributed by atoms with Gasteiger partial charge in [0, 0.05) is 17.1 Å². The van der Waals surface area contributed by atoms with Gasteiger partial charge in [0.1, 0.15) is 0 Å². The van der Waals surface area contributed by atoms with Gasteiger partial charge in [0.05, 0.1) is 10.6 Å². The molecule has 1 aromatic heterocycles. The highest BCUT2D eigenvalue weighted by atomic mass is 32.2. The van der Waals surface area contributed by atoms with Gasteiger partial charge in [0.25, 0.3) is 5.91 Å². The van der Waals surface area contributed by atoms with E-state index in [2.05, 4.69) is 40.6 Å². The van der Waals surface area contributed by atoms with Gasteiger partial charge >= 0.3 is 0 Å². The summed E-state index contributed by atoms with van der Waals surface area (Å²) in [5, 5.41) is 15.4. The maximum atomic E-state index is 12.5. The van der Waals surface area contributed by atoms with Crippen LogP contribution >= 0.6 is 11.8 Å². The van der Waals surface area contributed by atoms with Crippen LogP contribution in [-0.4, -0.2) is 31.5 Å². The molecule has 1 N–H and O–H groups in total. The Morgan fingerprint density at radius 1 is 1.21 bits per heavy atom. The molecule has 0 fully saturated rings. The number of benzene rings is 1. The maximum absolute atomic E-state index is 12.5. The molecule has 0 spiro atoms. The predicted molar refractivity (Wildman–Crippen MR) is 115 cm³/mol. The van der Waals surface area contributed by atoms with Crippen LogP contribution in [0.4, 0.5) is 0 Å². The van der Waals surface area contributed by atoms with E-state index in [1.165, 1.54) is 22.3 Å². The molecule has 0 saturated heterocycles. The quantitative estimate of drug-likeness (QED) is 0.793. The lowest BCUT2D eigenvalue weighted by Crippen LogP contribution is -2.35. The number of hydrogen-bond acceptors (Lipinski definition) is 4. The van der Waals surface area contributed by atoms with Crippen molar-refractivity contribution < 1.29 is 4.79 Å². The molecule has 0 aliphatic carbocycles. The number of amidine groups is 2. The molecule has 6 nitrogen and oxygen atoms in total. The number of thioether (sulfide) groups is 1. The largest absolute Gasteiger partial charge is 0.318 e. The lowest BCUT2D eigenvalue weighted by molar-refractivity contribution is -0.114. The minimum absolute atomic E-state index is 0.0677. The number of nitrogens with zero attached hydrogens (tertiary/aromatic N) is 4. The van der Waals surface area contributed by atoms with E-state index >= 15 is 0 Å². The number of aromatic nitrogens is 1. The molecule has 0 radical (unpaired) electrons. The molecule has 7 heteroatoms. The minimum Gasteiger partial charge on any atom is -0.318 e. The van der Waals surface area contributed by atoms with Crippen molar-refractivity contribution in [2.75, 3.05) is 0 Å². The Labute approximate surface area is 168 Å². The predicted octanol–water partition coefficient (Wildman–Crippen LogP) is 4.30. The summed E-state index contributed by atoms with van der Waals surface area (Å²) in [7, 11) is 0. The number of aliphatic imine (C=N–C) groups is 1. The van der Waals surface area contributed by atoms with Crippen LogP contribution in [0, 0.1) is 19.3 Å². The molecule has 2 aliphatic rings. The molecule has 0 unspecified atom stereocenters. The van der Waals surface area contributed by atoms with Gasteiger partial charge in [-0.2, -0.15) is 15.1 Å². The second-order valence-corrected chi connectivity index (χ2v) is 7.94. The van der Waals surface area contributed by atoms with Crippen molar-refractivity contribution in [1.82, 2.24) is 9.58 Å². The third-order valence-electron chi connectivity index (χ3n) is 4.94. The normalized spacial score (nSPS) is 17.9. The fourth-order valence-corrected chi connectivity index (χ4v) is 4.31. The number of amides is 1. The number of hydrazone groups is 1. The van der Waals surface area contributed by atoms with Crippen molar-refractivity contribution in [2.45, 2.75) is 34.1 Å². The smallest absolute Gasteiger partial charge is 0.283 e. The van der Waals surface area contributed by atoms with Gasteiger partial charge in [-0.3, -0.25) is 10.2 Å². The van der Waals surface area contributed by atoms with Gasteiger partial charge in [-0.05, 0) is 68.3 Å². The van der Waals surface area contributed by atoms with E-state index < -0.39 is 5.91 Å². The first kappa shape index (κ1) is 18.4. The number of nitrogens with one attached hydrogen (secondary N) is 1. The fourth-order valence-electron chi connectivity index (χ4n) is 3.58. The second kappa shape index (κ2) is 6.91. The average Bonchev–Trinajstić information content (AvgIpc) is 3.17. The van der Waals surface area contributed by atoms with Crippen molar-refractivity contribution >= 4 is 39.8 Å². The third kappa shape index (κ3) is 2.92. The Balaban J connectivity index is 1.80. The van der Waals surface area contributed by atoms with Crippen LogP contribution in [0.15, 0.2) is 46.0 Å². The molecular formula is C21H21N5OS. The van der Waals surface area contributed by atoms with Gasteiger partial charge in [-0.25, -0.2) is 0 Å². The van der Waals surface area contributed by atoms with Crippen molar-refractivity contribution in [3.63, 3.8) is 0 Å². The van der Waals surface area contributed by atoms with Crippen LogP contribution in [-0.2, 0) is 11.2 Å². The van der Waals surface area contributed by atoms with E-state index in [4.69, 9.17) is 5.41 Å². The number of carbonyl (C=O) groups is 1. The molecule has 0 bridgehead atoms. The molecule has 1 aromatic carbocycles. The number of hydrogen-bond donors (Lipinski definition) is 1. The molecule has 2 aliphatic heterocycles. The Kier molecular flexibility index (Phi) is 4.55. The lowest BCUT2D eigenvalue weighted by Gasteiger charge is -2.20. The zero-order chi connectivity index (χ0) is 20.0. The molecule has 2 aromatic rings. The van der Waals surface area contributed by atoms with Crippen molar-refractivity contribution in [1.29, 1.82) is 5.41 Å². The molecule has 28 heavy (non-hydrogen) atoms. The number of carbonyl (C=O) groups excluding carboxylic acids is 1. The van der Waals surface area contributed by atoms with Gasteiger partial charge in [0.15, 0.2) is 5.84 Å². The average molecular weight is 392 g/mol. The van der Waals surface area contributed by atoms with E-state index in [9.17, 15) is 4.79 Å². The van der Waals surface area contributed by atoms with E-state index in [0.29, 0.717) is 5.17 Å². The number of rotatable bonds is 3. The van der Waals surface area contributed by atoms with Gasteiger partial charge < -0.3 is 4.57 Å². The van der Waals surface area contributed by atoms with Crippen LogP contribution in [0.5, 0.6) is 0 Å². The van der Waals surface area contributed by atoms with Gasteiger partial charge in [0.2, 0.25) is 5.17 Å². The van der Waals surface area contributed by atoms with Crippen LogP contribution in [0.1, 0.15) is 36.4 Å². The monoisotopic (exact) mass is 391 g/mol. The standard InChI is InChI=1S/C21H21N5OS/c1-5-15-8-6-7-9-18(15)25-12(2)10-16(13(25)3)11-17-19(22)26-21(23-20(17)27)28-14(4)24-26/h6-11,22H,5H2,1-4H3. The van der Waals surface area contributed by atoms with Crippen molar-refractivity contribution in [3.8, 4) is 5.69 Å². The summed E-state index contributed by atoms with van der Waals surface area (Å²) in [5.41, 5.74) is 5.67. The number of para-hydroxylation sites is 1. The van der Waals surface area contributed by atoms with Crippen LogP contribution in [0.25, 0.3) is 11.8 Å². The van der Waals surface area contributed by atoms with E-state index in [0.717, 1.165) is 34.1 Å². The summed E-state index contributed by atoms with van der Waals surface area (Å²) in [6.45, 7) is 8.07. The Hall–Kier alpha value is -2.93. The summed E-state index contributed by atoms with van der Waals surface area (Å²) < 4.78 is 2.20. The summed E-state index contributed by atoms with van der Waals surface area (Å²) in [5.74, 6) is -0.328. The Morgan fingerprint density at radius 2 is 1.96 bits per heavy atom. The van der Waals surface area contributed by atoms with E-state index in [-0.39, 0.29) is 11.4 Å². The Bertz CT molecular complexity index is 1110. The summed E-state index contributed by atoms with van der Waals surface area (Å²) in [4.78, 5) is 16.6. The van der Waals surface area contributed by atoms with Crippen LogP contribution in [0.3, 0.4) is 0 Å². The highest BCUT2D eigenvalue weighted by Crippen LogP contribution is 2.30. The SMILES string of the molecule is CCc1ccccc1-n1c(C)cc(C=C2C(=N)N3N=C(C)SC3=NC2=O)c1C. The first-order valence-electron chi connectivity index (χ1n) is 9.14. The Morgan fingerprint density at radius 3 is 2.71 bits per heavy atom. The highest BCUT2D eigenvalue weighted by molar-refractivity contribution is 8.26. The number of aryl methyl sites for hydroxylation is 2. The molecule has 3 heterocycles. The molecule has 0 atom stereocenters. The molecule has 1 amide bonds. The number of fused-ring (bicyclic) bond motifs is 1. The summed E-state index contributed by atoms with van der Waals surface area (Å²) in [6.07, 6.45) is 2.69. The molecular weight excluding hydrogens is 370 g/mol. The second-order valence-electron chi connectivity index (χ2n) is 6.78. The lowest BCUT2D eigenvalue weighted by atomic mass is 10.1. The molecule has 142 valence electrons. The summed E-state index contributed by atoms with van der Waals surface area (Å²) in [6, 6.07) is 10.4. The molecule has 0 saturated carbocycles. The first-order valence-corrected chi connectivity index (χ1v) is 9.96. The fraction of sp³-hybridized carbons (Fsp3) is 0.238. The van der Waals surface area contributed by atoms with E-state index in [1.54, 1.807) is 6.08 Å². The summed E-state index contributed by atoms with van der Waals surface area (Å²) >= 11 is 1.31. The first-order chi connectivity index (χ1) is 13.4. The van der Waals surface area contributed by atoms with E-state index in [1.807, 2.05) is 32.0 Å². The third-order valence-corrected chi connectivity index (χ3v) is 5.76. The highest BCUT2D eigenvalue weighted by Gasteiger charge is 2.34. The topological polar surface area (TPSA) is 73.8 Å². The van der Waals surface area contributed by atoms with Gasteiger partial charge in [-0.15, -0.1) is 0 Å². The zero-order valence-corrected chi connectivity index (χ0v) is 17.1. The zero-order valence-electron chi connectivity index (χ0n) is 16.3. The van der Waals surface area contributed by atoms with Crippen molar-refractivity contribution in [3.05, 3.63) is 58.4 Å². The van der Waals surface area contributed by atoms with Crippen LogP contribution < -0.4 is 0 Å². The van der Waals surface area contributed by atoms with Crippen LogP contribution in [0.2, 0.25) is 0 Å². The molecule has 4 rings (SSSR count). The van der Waals surface area contributed by atoms with Gasteiger partial charge in [-0.1, -0.05) is 25.1 Å².